The first kappa shape index (κ1) is 12.0. The SMILES string of the molecule is C[Si](C)(CCCC#N)OCCCl. The molecule has 0 spiro atoms. The van der Waals surface area contributed by atoms with Crippen LogP contribution >= 0.6 is 11.6 Å². The lowest BCUT2D eigenvalue weighted by atomic mass is 10.4. The van der Waals surface area contributed by atoms with Crippen LogP contribution in [0.3, 0.4) is 0 Å². The smallest absolute Gasteiger partial charge is 0.186 e. The van der Waals surface area contributed by atoms with Crippen molar-refractivity contribution in [2.45, 2.75) is 32.0 Å². The molecule has 0 radical (unpaired) electrons. The third-order valence-corrected chi connectivity index (χ3v) is 4.33. The Hall–Kier alpha value is -0.0431. The molecule has 0 amide bonds. The summed E-state index contributed by atoms with van der Waals surface area (Å²) in [6.07, 6.45) is 1.60. The maximum atomic E-state index is 8.34. The van der Waals surface area contributed by atoms with Gasteiger partial charge in [0.25, 0.3) is 0 Å². The molecule has 0 heterocycles. The summed E-state index contributed by atoms with van der Waals surface area (Å²) >= 11 is 5.51. The van der Waals surface area contributed by atoms with Gasteiger partial charge < -0.3 is 4.43 Å². The van der Waals surface area contributed by atoms with Crippen LogP contribution in [0.25, 0.3) is 0 Å². The predicted molar refractivity (Wildman–Crippen MR) is 53.8 cm³/mol. The highest BCUT2D eigenvalue weighted by Gasteiger charge is 2.20. The quantitative estimate of drug-likeness (QED) is 0.380. The van der Waals surface area contributed by atoms with E-state index in [1.165, 1.54) is 0 Å². The van der Waals surface area contributed by atoms with Crippen molar-refractivity contribution in [1.29, 1.82) is 5.26 Å². The summed E-state index contributed by atoms with van der Waals surface area (Å²) in [5.41, 5.74) is 0. The molecule has 0 saturated heterocycles. The molecular weight excluding hydrogens is 190 g/mol. The fourth-order valence-electron chi connectivity index (χ4n) is 0.980. The van der Waals surface area contributed by atoms with Crippen LogP contribution in [-0.2, 0) is 4.43 Å². The van der Waals surface area contributed by atoms with Crippen LogP contribution in [0.15, 0.2) is 0 Å². The zero-order chi connectivity index (χ0) is 9.45. The summed E-state index contributed by atoms with van der Waals surface area (Å²) in [7, 11) is -1.50. The molecule has 12 heavy (non-hydrogen) atoms. The van der Waals surface area contributed by atoms with Crippen molar-refractivity contribution in [1.82, 2.24) is 0 Å². The zero-order valence-corrected chi connectivity index (χ0v) is 9.52. The van der Waals surface area contributed by atoms with E-state index in [0.29, 0.717) is 18.9 Å². The van der Waals surface area contributed by atoms with E-state index in [9.17, 15) is 0 Å². The number of rotatable bonds is 6. The molecule has 0 N–H and O–H groups in total. The van der Waals surface area contributed by atoms with Crippen LogP contribution in [0.5, 0.6) is 0 Å². The minimum Gasteiger partial charge on any atom is -0.416 e. The van der Waals surface area contributed by atoms with Crippen LogP contribution in [0, 0.1) is 11.3 Å². The van der Waals surface area contributed by atoms with Crippen molar-refractivity contribution in [2.24, 2.45) is 0 Å². The highest BCUT2D eigenvalue weighted by Crippen LogP contribution is 2.14. The summed E-state index contributed by atoms with van der Waals surface area (Å²) in [5.74, 6) is 0.564. The minimum atomic E-state index is -1.50. The van der Waals surface area contributed by atoms with E-state index in [2.05, 4.69) is 19.2 Å². The highest BCUT2D eigenvalue weighted by atomic mass is 35.5. The van der Waals surface area contributed by atoms with E-state index in [-0.39, 0.29) is 0 Å². The molecular formula is C8H16ClNOSi. The van der Waals surface area contributed by atoms with Crippen molar-refractivity contribution < 1.29 is 4.43 Å². The molecule has 0 aromatic rings. The fourth-order valence-corrected chi connectivity index (χ4v) is 3.01. The predicted octanol–water partition coefficient (Wildman–Crippen LogP) is 2.75. The normalized spacial score (nSPS) is 11.2. The first-order valence-corrected chi connectivity index (χ1v) is 7.84. The van der Waals surface area contributed by atoms with Gasteiger partial charge >= 0.3 is 0 Å². The Morgan fingerprint density at radius 3 is 2.67 bits per heavy atom. The maximum Gasteiger partial charge on any atom is 0.186 e. The molecule has 0 aromatic carbocycles. The molecule has 0 aliphatic rings. The summed E-state index contributed by atoms with van der Waals surface area (Å²) < 4.78 is 5.62. The lowest BCUT2D eigenvalue weighted by Crippen LogP contribution is -2.30. The lowest BCUT2D eigenvalue weighted by Gasteiger charge is -2.21. The Morgan fingerprint density at radius 2 is 2.17 bits per heavy atom. The number of nitrogens with zero attached hydrogens (tertiary/aromatic N) is 1. The Bertz CT molecular complexity index is 156. The van der Waals surface area contributed by atoms with Gasteiger partial charge in [0, 0.05) is 18.9 Å². The van der Waals surface area contributed by atoms with Crippen molar-refractivity contribution in [3.63, 3.8) is 0 Å². The topological polar surface area (TPSA) is 33.0 Å². The Balaban J connectivity index is 3.50. The van der Waals surface area contributed by atoms with Gasteiger partial charge in [-0.3, -0.25) is 0 Å². The first-order chi connectivity index (χ1) is 5.62. The maximum absolute atomic E-state index is 8.34. The van der Waals surface area contributed by atoms with Gasteiger partial charge in [-0.15, -0.1) is 11.6 Å². The highest BCUT2D eigenvalue weighted by molar-refractivity contribution is 6.71. The molecule has 0 aliphatic carbocycles. The second kappa shape index (κ2) is 6.47. The monoisotopic (exact) mass is 205 g/mol. The van der Waals surface area contributed by atoms with E-state index >= 15 is 0 Å². The van der Waals surface area contributed by atoms with Crippen molar-refractivity contribution in [2.75, 3.05) is 12.5 Å². The van der Waals surface area contributed by atoms with Gasteiger partial charge in [-0.1, -0.05) is 0 Å². The van der Waals surface area contributed by atoms with Crippen LogP contribution in [-0.4, -0.2) is 20.8 Å². The van der Waals surface area contributed by atoms with Gasteiger partial charge in [0.2, 0.25) is 0 Å². The molecule has 0 aromatic heterocycles. The van der Waals surface area contributed by atoms with Gasteiger partial charge in [0.15, 0.2) is 8.32 Å². The van der Waals surface area contributed by atoms with Crippen molar-refractivity contribution in [3.05, 3.63) is 0 Å². The average Bonchev–Trinajstić information content (AvgIpc) is 2.01. The van der Waals surface area contributed by atoms with Gasteiger partial charge in [-0.2, -0.15) is 5.26 Å². The molecule has 0 rings (SSSR count). The van der Waals surface area contributed by atoms with E-state index < -0.39 is 8.32 Å². The third-order valence-electron chi connectivity index (χ3n) is 1.64. The molecule has 0 atom stereocenters. The first-order valence-electron chi connectivity index (χ1n) is 4.19. The van der Waals surface area contributed by atoms with Gasteiger partial charge in [-0.25, -0.2) is 0 Å². The Morgan fingerprint density at radius 1 is 1.50 bits per heavy atom. The number of halogens is 1. The van der Waals surface area contributed by atoms with Crippen LogP contribution in [0.4, 0.5) is 0 Å². The van der Waals surface area contributed by atoms with Gasteiger partial charge in [0.1, 0.15) is 0 Å². The van der Waals surface area contributed by atoms with Crippen molar-refractivity contribution >= 4 is 19.9 Å². The van der Waals surface area contributed by atoms with E-state index in [1.54, 1.807) is 0 Å². The number of hydrogen-bond donors (Lipinski definition) is 0. The van der Waals surface area contributed by atoms with Gasteiger partial charge in [-0.05, 0) is 25.6 Å². The summed E-state index contributed by atoms with van der Waals surface area (Å²) in [6, 6.07) is 3.19. The number of unbranched alkanes of at least 4 members (excludes halogenated alkanes) is 1. The fraction of sp³-hybridized carbons (Fsp3) is 0.875. The van der Waals surface area contributed by atoms with Gasteiger partial charge in [0.05, 0.1) is 6.07 Å². The van der Waals surface area contributed by atoms with Crippen LogP contribution in [0.2, 0.25) is 19.1 Å². The van der Waals surface area contributed by atoms with Crippen LogP contribution < -0.4 is 0 Å². The standard InChI is InChI=1S/C8H16ClNOSi/c1-12(2,11-7-5-9)8-4-3-6-10/h3-5,7-8H2,1-2H3. The molecule has 0 aliphatic heterocycles. The molecule has 70 valence electrons. The average molecular weight is 206 g/mol. The van der Waals surface area contributed by atoms with E-state index in [0.717, 1.165) is 12.5 Å². The second-order valence-electron chi connectivity index (χ2n) is 3.31. The molecule has 0 saturated carbocycles. The lowest BCUT2D eigenvalue weighted by molar-refractivity contribution is 0.330. The third kappa shape index (κ3) is 6.65. The number of hydrogen-bond acceptors (Lipinski definition) is 2. The number of nitriles is 1. The summed E-state index contributed by atoms with van der Waals surface area (Å²) in [5, 5.41) is 8.34. The second-order valence-corrected chi connectivity index (χ2v) is 7.99. The Labute approximate surface area is 80.6 Å². The summed E-state index contributed by atoms with van der Waals surface area (Å²) in [4.78, 5) is 0. The van der Waals surface area contributed by atoms with Crippen molar-refractivity contribution in [3.8, 4) is 6.07 Å². The van der Waals surface area contributed by atoms with Crippen LogP contribution in [0.1, 0.15) is 12.8 Å². The molecule has 0 bridgehead atoms. The summed E-state index contributed by atoms with van der Waals surface area (Å²) in [6.45, 7) is 4.97. The minimum absolute atomic E-state index is 0.564. The molecule has 0 unspecified atom stereocenters. The largest absolute Gasteiger partial charge is 0.416 e. The zero-order valence-electron chi connectivity index (χ0n) is 7.77. The van der Waals surface area contributed by atoms with E-state index in [4.69, 9.17) is 21.3 Å². The molecule has 2 nitrogen and oxygen atoms in total. The molecule has 4 heteroatoms. The van der Waals surface area contributed by atoms with E-state index in [1.807, 2.05) is 0 Å². The molecule has 0 fully saturated rings. The Kier molecular flexibility index (Phi) is 6.45. The number of alkyl halides is 1.